The smallest absolute Gasteiger partial charge is 0.251 e. The Morgan fingerprint density at radius 1 is 1.03 bits per heavy atom. The zero-order chi connectivity index (χ0) is 22.3. The van der Waals surface area contributed by atoms with Crippen LogP contribution in [0.2, 0.25) is 0 Å². The molecule has 0 atom stereocenters. The minimum atomic E-state index is -0.272. The van der Waals surface area contributed by atoms with Gasteiger partial charge in [-0.1, -0.05) is 65.6 Å². The van der Waals surface area contributed by atoms with Crippen LogP contribution in [0.5, 0.6) is 0 Å². The Morgan fingerprint density at radius 3 is 2.53 bits per heavy atom. The lowest BCUT2D eigenvalue weighted by atomic mass is 10.1. The van der Waals surface area contributed by atoms with E-state index in [0.29, 0.717) is 22.5 Å². The van der Waals surface area contributed by atoms with Crippen molar-refractivity contribution in [1.82, 2.24) is 15.1 Å². The number of carbonyl (C=O) groups is 1. The van der Waals surface area contributed by atoms with E-state index in [2.05, 4.69) is 22.5 Å². The highest BCUT2D eigenvalue weighted by Crippen LogP contribution is 2.27. The molecule has 0 aliphatic heterocycles. The Morgan fingerprint density at radius 2 is 1.78 bits per heavy atom. The third-order valence-corrected chi connectivity index (χ3v) is 7.13. The second kappa shape index (κ2) is 10.7. The lowest BCUT2D eigenvalue weighted by molar-refractivity contribution is 0.0954. The van der Waals surface area contributed by atoms with E-state index in [9.17, 15) is 9.18 Å². The zero-order valence-electron chi connectivity index (χ0n) is 17.0. The number of amides is 1. The van der Waals surface area contributed by atoms with E-state index >= 15 is 0 Å². The van der Waals surface area contributed by atoms with Gasteiger partial charge in [-0.05, 0) is 66.2 Å². The van der Waals surface area contributed by atoms with Crippen molar-refractivity contribution >= 4 is 41.2 Å². The molecule has 0 fully saturated rings. The van der Waals surface area contributed by atoms with Crippen LogP contribution in [0.15, 0.2) is 83.2 Å². The number of benzene rings is 3. The molecule has 0 unspecified atom stereocenters. The number of rotatable bonds is 8. The van der Waals surface area contributed by atoms with Gasteiger partial charge in [-0.25, -0.2) is 9.07 Å². The summed E-state index contributed by atoms with van der Waals surface area (Å²) in [5.74, 6) is 0.387. The van der Waals surface area contributed by atoms with E-state index in [1.165, 1.54) is 29.0 Å². The number of aromatic nitrogens is 2. The third kappa shape index (κ3) is 5.91. The lowest BCUT2D eigenvalue weighted by Crippen LogP contribution is -2.25. The van der Waals surface area contributed by atoms with Gasteiger partial charge in [0, 0.05) is 17.9 Å². The first-order chi connectivity index (χ1) is 15.6. The quantitative estimate of drug-likeness (QED) is 0.245. The number of hydrogen-bond acceptors (Lipinski definition) is 5. The van der Waals surface area contributed by atoms with Crippen LogP contribution in [0.1, 0.15) is 21.5 Å². The summed E-state index contributed by atoms with van der Waals surface area (Å²) in [4.78, 5) is 12.4. The summed E-state index contributed by atoms with van der Waals surface area (Å²) in [6.45, 7) is 0.434. The molecule has 1 amide bonds. The molecule has 0 radical (unpaired) electrons. The molecule has 0 saturated heterocycles. The summed E-state index contributed by atoms with van der Waals surface area (Å²) >= 11 is 8.61. The van der Waals surface area contributed by atoms with Gasteiger partial charge in [-0.15, -0.1) is 5.10 Å². The van der Waals surface area contributed by atoms with Crippen molar-refractivity contribution in [3.63, 3.8) is 0 Å². The molecule has 0 spiro atoms. The van der Waals surface area contributed by atoms with Crippen molar-refractivity contribution in [2.24, 2.45) is 0 Å². The summed E-state index contributed by atoms with van der Waals surface area (Å²) in [5.41, 5.74) is 3.44. The van der Waals surface area contributed by atoms with E-state index in [1.54, 1.807) is 34.6 Å². The van der Waals surface area contributed by atoms with Crippen molar-refractivity contribution in [2.45, 2.75) is 16.5 Å². The minimum absolute atomic E-state index is 0.172. The summed E-state index contributed by atoms with van der Waals surface area (Å²) in [6, 6.07) is 23.8. The maximum absolute atomic E-state index is 13.2. The first-order valence-corrected chi connectivity index (χ1v) is 12.2. The molecule has 4 aromatic rings. The summed E-state index contributed by atoms with van der Waals surface area (Å²) in [5, 5.41) is 7.49. The van der Waals surface area contributed by atoms with Crippen molar-refractivity contribution in [2.75, 3.05) is 6.54 Å². The highest BCUT2D eigenvalue weighted by molar-refractivity contribution is 8.00. The predicted molar refractivity (Wildman–Crippen MR) is 131 cm³/mol. The summed E-state index contributed by atoms with van der Waals surface area (Å²) < 4.78 is 16.5. The standard InChI is InChI=1S/C24H20FN3OS3/c25-20-8-4-7-17(15-20)13-14-26-22(29)19-9-11-21(12-10-19)28-24(30)32-23(27-28)31-16-18-5-2-1-3-6-18/h1-12,15H,13-14,16H2,(H,26,29). The molecular formula is C24H20FN3OS3. The number of hydrogen-bond donors (Lipinski definition) is 1. The van der Waals surface area contributed by atoms with Crippen LogP contribution in [-0.2, 0) is 12.2 Å². The fourth-order valence-electron chi connectivity index (χ4n) is 3.07. The molecule has 4 nitrogen and oxygen atoms in total. The Balaban J connectivity index is 1.35. The van der Waals surface area contributed by atoms with Crippen LogP contribution in [0.4, 0.5) is 4.39 Å². The Bertz CT molecular complexity index is 1250. The Labute approximate surface area is 199 Å². The fraction of sp³-hybridized carbons (Fsp3) is 0.125. The third-order valence-electron chi connectivity index (χ3n) is 4.70. The predicted octanol–water partition coefficient (Wildman–Crippen LogP) is 6.07. The van der Waals surface area contributed by atoms with Crippen molar-refractivity contribution < 1.29 is 9.18 Å². The van der Waals surface area contributed by atoms with Gasteiger partial charge in [-0.2, -0.15) is 0 Å². The Kier molecular flexibility index (Phi) is 7.47. The van der Waals surface area contributed by atoms with Gasteiger partial charge >= 0.3 is 0 Å². The summed E-state index contributed by atoms with van der Waals surface area (Å²) in [6.07, 6.45) is 0.568. The molecule has 0 aliphatic carbocycles. The van der Waals surface area contributed by atoms with E-state index in [4.69, 9.17) is 12.2 Å². The number of nitrogens with zero attached hydrogens (tertiary/aromatic N) is 2. The van der Waals surface area contributed by atoms with Gasteiger partial charge in [0.1, 0.15) is 5.82 Å². The van der Waals surface area contributed by atoms with E-state index < -0.39 is 0 Å². The maximum Gasteiger partial charge on any atom is 0.251 e. The number of thioether (sulfide) groups is 1. The average molecular weight is 482 g/mol. The Hall–Kier alpha value is -2.81. The first-order valence-electron chi connectivity index (χ1n) is 9.98. The van der Waals surface area contributed by atoms with Gasteiger partial charge in [0.15, 0.2) is 8.29 Å². The molecule has 1 heterocycles. The molecule has 8 heteroatoms. The summed E-state index contributed by atoms with van der Waals surface area (Å²) in [7, 11) is 0. The van der Waals surface area contributed by atoms with E-state index in [0.717, 1.165) is 21.3 Å². The highest BCUT2D eigenvalue weighted by Gasteiger charge is 2.09. The molecule has 0 aliphatic rings. The van der Waals surface area contributed by atoms with Gasteiger partial charge in [0.25, 0.3) is 5.91 Å². The van der Waals surface area contributed by atoms with Crippen molar-refractivity contribution in [3.8, 4) is 5.69 Å². The van der Waals surface area contributed by atoms with E-state index in [1.807, 2.05) is 36.4 Å². The molecule has 32 heavy (non-hydrogen) atoms. The van der Waals surface area contributed by atoms with Gasteiger partial charge in [0.05, 0.1) is 5.69 Å². The molecule has 0 bridgehead atoms. The molecule has 3 aromatic carbocycles. The second-order valence-corrected chi connectivity index (χ2v) is 9.85. The number of carbonyl (C=O) groups excluding carboxylic acids is 1. The van der Waals surface area contributed by atoms with Gasteiger partial charge in [-0.3, -0.25) is 4.79 Å². The maximum atomic E-state index is 13.2. The highest BCUT2D eigenvalue weighted by atomic mass is 32.2. The van der Waals surface area contributed by atoms with Gasteiger partial charge < -0.3 is 5.32 Å². The van der Waals surface area contributed by atoms with Gasteiger partial charge in [0.2, 0.25) is 0 Å². The molecule has 4 rings (SSSR count). The zero-order valence-corrected chi connectivity index (χ0v) is 19.5. The minimum Gasteiger partial charge on any atom is -0.352 e. The average Bonchev–Trinajstić information content (AvgIpc) is 3.19. The monoisotopic (exact) mass is 481 g/mol. The number of nitrogens with one attached hydrogen (secondary N) is 1. The lowest BCUT2D eigenvalue weighted by Gasteiger charge is -2.07. The van der Waals surface area contributed by atoms with Crippen molar-refractivity contribution in [1.29, 1.82) is 0 Å². The number of halogens is 1. The second-order valence-electron chi connectivity index (χ2n) is 7.00. The molecule has 1 N–H and O–H groups in total. The van der Waals surface area contributed by atoms with Crippen LogP contribution in [-0.4, -0.2) is 22.2 Å². The van der Waals surface area contributed by atoms with Crippen LogP contribution >= 0.6 is 35.3 Å². The van der Waals surface area contributed by atoms with E-state index in [-0.39, 0.29) is 11.7 Å². The van der Waals surface area contributed by atoms with Crippen LogP contribution in [0.25, 0.3) is 5.69 Å². The molecule has 1 aromatic heterocycles. The van der Waals surface area contributed by atoms with Crippen molar-refractivity contribution in [3.05, 3.63) is 105 Å². The molecular weight excluding hydrogens is 461 g/mol. The normalized spacial score (nSPS) is 10.8. The van der Waals surface area contributed by atoms with Crippen LogP contribution in [0, 0.1) is 9.77 Å². The fourth-order valence-corrected chi connectivity index (χ4v) is 5.39. The first kappa shape index (κ1) is 22.4. The molecule has 162 valence electrons. The van der Waals surface area contributed by atoms with Crippen LogP contribution < -0.4 is 5.32 Å². The SMILES string of the molecule is O=C(NCCc1cccc(F)c1)c1ccc(-n2nc(SCc3ccccc3)sc2=S)cc1. The molecule has 0 saturated carbocycles. The van der Waals surface area contributed by atoms with Crippen LogP contribution in [0.3, 0.4) is 0 Å². The largest absolute Gasteiger partial charge is 0.352 e. The topological polar surface area (TPSA) is 46.9 Å².